The Morgan fingerprint density at radius 1 is 1.29 bits per heavy atom. The van der Waals surface area contributed by atoms with E-state index >= 15 is 0 Å². The molecule has 0 saturated heterocycles. The zero-order valence-corrected chi connectivity index (χ0v) is 8.16. The van der Waals surface area contributed by atoms with Crippen molar-refractivity contribution in [2.24, 2.45) is 0 Å². The molecule has 0 bridgehead atoms. The van der Waals surface area contributed by atoms with Crippen LogP contribution in [0.25, 0.3) is 5.69 Å². The molecule has 5 nitrogen and oxygen atoms in total. The molecule has 1 heterocycles. The number of nitrogens with zero attached hydrogens (tertiary/aromatic N) is 3. The summed E-state index contributed by atoms with van der Waals surface area (Å²) in [6.07, 6.45) is -0.768. The molecule has 2 aromatic rings. The van der Waals surface area contributed by atoms with E-state index in [0.717, 1.165) is 4.80 Å². The number of hydrogen-bond acceptors (Lipinski definition) is 4. The summed E-state index contributed by atoms with van der Waals surface area (Å²) >= 11 is 11.5. The van der Waals surface area contributed by atoms with Crippen LogP contribution >= 0.6 is 23.2 Å². The fourth-order valence-corrected chi connectivity index (χ4v) is 1.19. The second kappa shape index (κ2) is 3.43. The molecule has 0 fully saturated rings. The Kier molecular flexibility index (Phi) is 2.26. The van der Waals surface area contributed by atoms with Gasteiger partial charge in [0.25, 0.3) is 5.69 Å². The van der Waals surface area contributed by atoms with E-state index in [1.54, 1.807) is 12.1 Å². The minimum absolute atomic E-state index is 0.355. The Morgan fingerprint density at radius 3 is 2.64 bits per heavy atom. The van der Waals surface area contributed by atoms with Crippen LogP contribution in [0.5, 0.6) is 6.08 Å². The lowest BCUT2D eigenvalue weighted by atomic mass is 10.3. The third kappa shape index (κ3) is 1.64. The fraction of sp³-hybridized carbons (Fsp3) is 0. The maximum absolute atomic E-state index is 10.6. The molecule has 1 aromatic carbocycles. The van der Waals surface area contributed by atoms with Crippen molar-refractivity contribution in [2.45, 2.75) is 0 Å². The van der Waals surface area contributed by atoms with E-state index in [2.05, 4.69) is 14.9 Å². The summed E-state index contributed by atoms with van der Waals surface area (Å²) in [5, 5.41) is 18.2. The largest absolute Gasteiger partial charge is 0.523 e. The summed E-state index contributed by atoms with van der Waals surface area (Å²) in [5.74, 6) is 0. The molecule has 0 amide bonds. The van der Waals surface area contributed by atoms with Crippen molar-refractivity contribution < 1.29 is 14.4 Å². The normalized spacial score (nSPS) is 10.4. The highest BCUT2D eigenvalue weighted by atomic mass is 35.5. The Balaban J connectivity index is 2.47. The molecule has 0 saturated carbocycles. The van der Waals surface area contributed by atoms with Crippen LogP contribution in [0.2, 0.25) is 10.0 Å². The van der Waals surface area contributed by atoms with Gasteiger partial charge in [0.15, 0.2) is 0 Å². The van der Waals surface area contributed by atoms with Gasteiger partial charge in [-0.1, -0.05) is 23.2 Å². The third-order valence-electron chi connectivity index (χ3n) is 1.51. The molecule has 0 spiro atoms. The summed E-state index contributed by atoms with van der Waals surface area (Å²) in [6.45, 7) is 0. The summed E-state index contributed by atoms with van der Waals surface area (Å²) in [6, 6.07) is 4.72. The molecule has 0 atom stereocenters. The molecule has 7 heteroatoms. The van der Waals surface area contributed by atoms with Crippen LogP contribution in [-0.2, 0) is 0 Å². The minimum atomic E-state index is -0.768. The first-order chi connectivity index (χ1) is 6.66. The Morgan fingerprint density at radius 2 is 2.07 bits per heavy atom. The van der Waals surface area contributed by atoms with E-state index in [0.29, 0.717) is 15.7 Å². The monoisotopic (exact) mass is 231 g/mol. The van der Waals surface area contributed by atoms with Crippen molar-refractivity contribution in [3.8, 4) is 11.8 Å². The Labute approximate surface area is 88.4 Å². The van der Waals surface area contributed by atoms with Crippen molar-refractivity contribution >= 4 is 23.2 Å². The van der Waals surface area contributed by atoms with Gasteiger partial charge in [0.05, 0.1) is 19.9 Å². The van der Waals surface area contributed by atoms with Gasteiger partial charge in [-0.15, -0.1) is 0 Å². The number of benzene rings is 1. The van der Waals surface area contributed by atoms with Gasteiger partial charge in [-0.2, -0.15) is 0 Å². The zero-order chi connectivity index (χ0) is 10.1. The zero-order valence-electron chi connectivity index (χ0n) is 6.65. The van der Waals surface area contributed by atoms with Gasteiger partial charge in [-0.25, -0.2) is 0 Å². The lowest BCUT2D eigenvalue weighted by Crippen LogP contribution is -2.35. The van der Waals surface area contributed by atoms with Crippen LogP contribution in [-0.4, -0.2) is 10.4 Å². The third-order valence-corrected chi connectivity index (χ3v) is 2.25. The molecule has 0 unspecified atom stereocenters. The SMILES string of the molecule is [O-]c1n[n+](-c2ccc(Cl)c(Cl)c2)no1. The van der Waals surface area contributed by atoms with Crippen LogP contribution < -0.4 is 9.90 Å². The molecular weight excluding hydrogens is 229 g/mol. The van der Waals surface area contributed by atoms with Gasteiger partial charge in [-0.05, 0) is 6.07 Å². The maximum Gasteiger partial charge on any atom is 0.271 e. The predicted octanol–water partition coefficient (Wildman–Crippen LogP) is 0.727. The van der Waals surface area contributed by atoms with Crippen molar-refractivity contribution in [3.05, 3.63) is 28.2 Å². The topological polar surface area (TPSA) is 65.9 Å². The summed E-state index contributed by atoms with van der Waals surface area (Å²) in [7, 11) is 0. The van der Waals surface area contributed by atoms with Crippen molar-refractivity contribution in [3.63, 3.8) is 0 Å². The van der Waals surface area contributed by atoms with Gasteiger partial charge >= 0.3 is 0 Å². The highest BCUT2D eigenvalue weighted by molar-refractivity contribution is 6.42. The first-order valence-electron chi connectivity index (χ1n) is 3.55. The van der Waals surface area contributed by atoms with E-state index < -0.39 is 6.08 Å². The average molecular weight is 232 g/mol. The van der Waals surface area contributed by atoms with E-state index in [1.807, 2.05) is 0 Å². The van der Waals surface area contributed by atoms with Crippen molar-refractivity contribution in [2.75, 3.05) is 0 Å². The standard InChI is InChI=1S/C7H3Cl2N3O2/c8-5-2-1-4(3-6(5)9)12-10-7(13)14-11-12/h1-3H. The molecule has 72 valence electrons. The van der Waals surface area contributed by atoms with Crippen LogP contribution in [0.1, 0.15) is 0 Å². The Bertz CT molecular complexity index is 472. The van der Waals surface area contributed by atoms with Crippen molar-refractivity contribution in [1.29, 1.82) is 0 Å². The average Bonchev–Trinajstić information content (AvgIpc) is 2.57. The first kappa shape index (κ1) is 9.23. The lowest BCUT2D eigenvalue weighted by molar-refractivity contribution is -0.726. The molecule has 0 aliphatic carbocycles. The van der Waals surface area contributed by atoms with Crippen LogP contribution in [0, 0.1) is 0 Å². The van der Waals surface area contributed by atoms with Crippen molar-refractivity contribution in [1.82, 2.24) is 10.4 Å². The molecule has 0 aliphatic heterocycles. The van der Waals surface area contributed by atoms with E-state index in [4.69, 9.17) is 23.2 Å². The highest BCUT2D eigenvalue weighted by Crippen LogP contribution is 2.22. The second-order valence-electron chi connectivity index (χ2n) is 2.43. The molecule has 0 aliphatic rings. The van der Waals surface area contributed by atoms with Crippen LogP contribution in [0.15, 0.2) is 22.7 Å². The Hall–Kier alpha value is -1.33. The highest BCUT2D eigenvalue weighted by Gasteiger charge is 2.13. The maximum atomic E-state index is 10.6. The number of hydrogen-bond donors (Lipinski definition) is 0. The van der Waals surface area contributed by atoms with Gasteiger partial charge < -0.3 is 9.63 Å². The summed E-state index contributed by atoms with van der Waals surface area (Å²) < 4.78 is 4.26. The quantitative estimate of drug-likeness (QED) is 0.679. The number of halogens is 2. The summed E-state index contributed by atoms with van der Waals surface area (Å²) in [5.41, 5.74) is 0.505. The van der Waals surface area contributed by atoms with Crippen LogP contribution in [0.3, 0.4) is 0 Å². The number of aromatic nitrogens is 3. The van der Waals surface area contributed by atoms with Gasteiger partial charge in [-0.3, -0.25) is 0 Å². The number of rotatable bonds is 1. The van der Waals surface area contributed by atoms with E-state index in [1.165, 1.54) is 6.07 Å². The van der Waals surface area contributed by atoms with Gasteiger partial charge in [0, 0.05) is 12.1 Å². The lowest BCUT2D eigenvalue weighted by Gasteiger charge is -1.91. The van der Waals surface area contributed by atoms with E-state index in [-0.39, 0.29) is 0 Å². The molecule has 14 heavy (non-hydrogen) atoms. The predicted molar refractivity (Wildman–Crippen MR) is 45.3 cm³/mol. The molecular formula is C7H3Cl2N3O2. The molecule has 0 radical (unpaired) electrons. The van der Waals surface area contributed by atoms with Gasteiger partial charge in [0.1, 0.15) is 5.27 Å². The minimum Gasteiger partial charge on any atom is -0.523 e. The summed E-state index contributed by atoms with van der Waals surface area (Å²) in [4.78, 5) is 1.03. The smallest absolute Gasteiger partial charge is 0.271 e. The first-order valence-corrected chi connectivity index (χ1v) is 4.31. The van der Waals surface area contributed by atoms with E-state index in [9.17, 15) is 5.11 Å². The molecule has 2 rings (SSSR count). The fourth-order valence-electron chi connectivity index (χ4n) is 0.902. The molecule has 0 N–H and O–H groups in total. The van der Waals surface area contributed by atoms with Gasteiger partial charge in [0.2, 0.25) is 6.08 Å². The van der Waals surface area contributed by atoms with Crippen LogP contribution in [0.4, 0.5) is 0 Å². The second-order valence-corrected chi connectivity index (χ2v) is 3.24. The molecule has 1 aromatic heterocycles.